The lowest BCUT2D eigenvalue weighted by Crippen LogP contribution is -2.08. The molecule has 8 heteroatoms. The van der Waals surface area contributed by atoms with Gasteiger partial charge in [-0.2, -0.15) is 9.97 Å². The van der Waals surface area contributed by atoms with Crippen molar-refractivity contribution < 1.29 is 9.47 Å². The summed E-state index contributed by atoms with van der Waals surface area (Å²) in [5, 5.41) is 0. The van der Waals surface area contributed by atoms with Crippen LogP contribution in [-0.2, 0) is 6.54 Å². The minimum absolute atomic E-state index is 0.254. The standard InChI is InChI=1S/C16H16N6O2/c17-14-13-15-21-16(20-14)24-8-3-1-2-7-23-12-5-4-6-18-11(12)9-22(15)10-19-13/h1-2,4-6,10H,3,7-9H2,(H2,17,20,21)/b2-1-. The highest BCUT2D eigenvalue weighted by atomic mass is 16.5. The Hall–Kier alpha value is -3.16. The predicted molar refractivity (Wildman–Crippen MR) is 87.8 cm³/mol. The van der Waals surface area contributed by atoms with Crippen molar-refractivity contribution in [1.29, 1.82) is 0 Å². The average molecular weight is 324 g/mol. The highest BCUT2D eigenvalue weighted by Gasteiger charge is 2.14. The second kappa shape index (κ2) is 6.15. The lowest BCUT2D eigenvalue weighted by atomic mass is 10.3. The quantitative estimate of drug-likeness (QED) is 0.626. The molecule has 122 valence electrons. The van der Waals surface area contributed by atoms with Crippen molar-refractivity contribution in [2.75, 3.05) is 18.9 Å². The van der Waals surface area contributed by atoms with Gasteiger partial charge in [0.25, 0.3) is 0 Å². The molecule has 2 N–H and O–H groups in total. The first kappa shape index (κ1) is 14.4. The Kier molecular flexibility index (Phi) is 3.70. The van der Waals surface area contributed by atoms with E-state index in [1.165, 1.54) is 0 Å². The highest BCUT2D eigenvalue weighted by Crippen LogP contribution is 2.22. The highest BCUT2D eigenvalue weighted by molar-refractivity contribution is 5.81. The summed E-state index contributed by atoms with van der Waals surface area (Å²) in [7, 11) is 0. The Bertz CT molecular complexity index is 905. The molecule has 0 atom stereocenters. The second-order valence-electron chi connectivity index (χ2n) is 5.30. The molecule has 24 heavy (non-hydrogen) atoms. The van der Waals surface area contributed by atoms with Gasteiger partial charge in [-0.1, -0.05) is 12.2 Å². The first-order chi connectivity index (χ1) is 11.8. The maximum absolute atomic E-state index is 5.97. The van der Waals surface area contributed by atoms with E-state index in [2.05, 4.69) is 19.9 Å². The summed E-state index contributed by atoms with van der Waals surface area (Å²) in [6.07, 6.45) is 8.08. The Balaban J connectivity index is 1.82. The van der Waals surface area contributed by atoms with Crippen LogP contribution >= 0.6 is 0 Å². The topological polar surface area (TPSA) is 101 Å². The number of imidazole rings is 1. The van der Waals surface area contributed by atoms with Crippen LogP contribution in [0.5, 0.6) is 11.8 Å². The van der Waals surface area contributed by atoms with E-state index in [0.29, 0.717) is 36.7 Å². The fraction of sp³-hybridized carbons (Fsp3) is 0.250. The fourth-order valence-electron chi connectivity index (χ4n) is 2.50. The largest absolute Gasteiger partial charge is 0.488 e. The Labute approximate surface area is 138 Å². The molecule has 4 rings (SSSR count). The smallest absolute Gasteiger partial charge is 0.320 e. The zero-order valence-electron chi connectivity index (χ0n) is 12.9. The summed E-state index contributed by atoms with van der Waals surface area (Å²) in [4.78, 5) is 17.3. The van der Waals surface area contributed by atoms with Crippen molar-refractivity contribution in [3.63, 3.8) is 0 Å². The Morgan fingerprint density at radius 2 is 2.08 bits per heavy atom. The number of nitrogens with two attached hydrogens (primary N) is 1. The summed E-state index contributed by atoms with van der Waals surface area (Å²) in [5.41, 5.74) is 7.93. The molecule has 1 aliphatic heterocycles. The molecule has 2 bridgehead atoms. The maximum atomic E-state index is 5.97. The Morgan fingerprint density at radius 1 is 1.12 bits per heavy atom. The van der Waals surface area contributed by atoms with Gasteiger partial charge in [-0.15, -0.1) is 0 Å². The van der Waals surface area contributed by atoms with E-state index in [0.717, 1.165) is 17.9 Å². The number of aromatic nitrogens is 5. The first-order valence-corrected chi connectivity index (χ1v) is 7.64. The maximum Gasteiger partial charge on any atom is 0.320 e. The number of hydrogen-bond acceptors (Lipinski definition) is 7. The SMILES string of the molecule is Nc1nc2nc3c1ncn3Cc1ncccc1OC/C=C\CCO2. The number of nitrogens with zero attached hydrogens (tertiary/aromatic N) is 5. The van der Waals surface area contributed by atoms with Crippen molar-refractivity contribution >= 4 is 17.0 Å². The van der Waals surface area contributed by atoms with Crippen molar-refractivity contribution in [3.05, 3.63) is 42.5 Å². The first-order valence-electron chi connectivity index (χ1n) is 7.64. The average Bonchev–Trinajstić information content (AvgIpc) is 2.98. The molecule has 0 saturated carbocycles. The van der Waals surface area contributed by atoms with E-state index < -0.39 is 0 Å². The number of fused-ring (bicyclic) bond motifs is 2. The molecular weight excluding hydrogens is 308 g/mol. The van der Waals surface area contributed by atoms with Crippen LogP contribution in [0.3, 0.4) is 0 Å². The van der Waals surface area contributed by atoms with Gasteiger partial charge in [0.15, 0.2) is 17.0 Å². The van der Waals surface area contributed by atoms with E-state index in [4.69, 9.17) is 15.2 Å². The van der Waals surface area contributed by atoms with Crippen LogP contribution in [-0.4, -0.2) is 37.7 Å². The number of hydrogen-bond donors (Lipinski definition) is 1. The summed E-state index contributed by atoms with van der Waals surface area (Å²) >= 11 is 0. The number of nitrogen functional groups attached to an aromatic ring is 1. The zero-order chi connectivity index (χ0) is 16.4. The monoisotopic (exact) mass is 324 g/mol. The molecule has 0 radical (unpaired) electrons. The van der Waals surface area contributed by atoms with Gasteiger partial charge < -0.3 is 19.8 Å². The third-order valence-corrected chi connectivity index (χ3v) is 3.66. The fourth-order valence-corrected chi connectivity index (χ4v) is 2.50. The summed E-state index contributed by atoms with van der Waals surface area (Å²) in [6.45, 7) is 1.41. The van der Waals surface area contributed by atoms with E-state index in [1.54, 1.807) is 12.5 Å². The molecule has 0 saturated heterocycles. The molecule has 0 aromatic carbocycles. The molecule has 0 aliphatic carbocycles. The molecular formula is C16H16N6O2. The van der Waals surface area contributed by atoms with Crippen LogP contribution in [0.25, 0.3) is 11.2 Å². The van der Waals surface area contributed by atoms with Gasteiger partial charge in [0, 0.05) is 6.20 Å². The van der Waals surface area contributed by atoms with Crippen LogP contribution in [0.15, 0.2) is 36.8 Å². The molecule has 3 aromatic rings. The van der Waals surface area contributed by atoms with Gasteiger partial charge >= 0.3 is 6.01 Å². The lowest BCUT2D eigenvalue weighted by molar-refractivity contribution is 0.299. The molecule has 0 unspecified atom stereocenters. The van der Waals surface area contributed by atoms with Crippen LogP contribution in [0.4, 0.5) is 5.82 Å². The van der Waals surface area contributed by atoms with Gasteiger partial charge in [0.1, 0.15) is 18.1 Å². The van der Waals surface area contributed by atoms with Gasteiger partial charge in [-0.25, -0.2) is 4.98 Å². The molecule has 3 aromatic heterocycles. The number of rotatable bonds is 0. The van der Waals surface area contributed by atoms with Gasteiger partial charge in [-0.05, 0) is 18.6 Å². The van der Waals surface area contributed by atoms with Gasteiger partial charge in [-0.3, -0.25) is 4.98 Å². The number of anilines is 1. The summed E-state index contributed by atoms with van der Waals surface area (Å²) in [6, 6.07) is 4.01. The van der Waals surface area contributed by atoms with Gasteiger partial charge in [0.2, 0.25) is 0 Å². The molecule has 1 aliphatic rings. The van der Waals surface area contributed by atoms with Crippen LogP contribution in [0, 0.1) is 0 Å². The third kappa shape index (κ3) is 2.73. The van der Waals surface area contributed by atoms with Gasteiger partial charge in [0.05, 0.1) is 19.5 Å². The normalized spacial score (nSPS) is 16.0. The second-order valence-corrected chi connectivity index (χ2v) is 5.30. The minimum atomic E-state index is 0.254. The van der Waals surface area contributed by atoms with E-state index in [9.17, 15) is 0 Å². The molecule has 0 amide bonds. The van der Waals surface area contributed by atoms with Crippen LogP contribution < -0.4 is 15.2 Å². The third-order valence-electron chi connectivity index (χ3n) is 3.66. The Morgan fingerprint density at radius 3 is 3.04 bits per heavy atom. The van der Waals surface area contributed by atoms with Crippen molar-refractivity contribution in [3.8, 4) is 11.8 Å². The molecule has 0 fully saturated rings. The molecule has 8 nitrogen and oxygen atoms in total. The van der Waals surface area contributed by atoms with Crippen molar-refractivity contribution in [2.45, 2.75) is 13.0 Å². The molecule has 0 spiro atoms. The summed E-state index contributed by atoms with van der Waals surface area (Å²) < 4.78 is 13.2. The number of pyridine rings is 1. The minimum Gasteiger partial charge on any atom is -0.488 e. The van der Waals surface area contributed by atoms with Crippen LogP contribution in [0.2, 0.25) is 0 Å². The summed E-state index contributed by atoms with van der Waals surface area (Å²) in [5.74, 6) is 1.04. The van der Waals surface area contributed by atoms with E-state index >= 15 is 0 Å². The predicted octanol–water partition coefficient (Wildman–Crippen LogP) is 1.57. The van der Waals surface area contributed by atoms with E-state index in [1.807, 2.05) is 28.9 Å². The zero-order valence-corrected chi connectivity index (χ0v) is 12.9. The number of ether oxygens (including phenoxy) is 2. The van der Waals surface area contributed by atoms with Crippen molar-refractivity contribution in [1.82, 2.24) is 24.5 Å². The van der Waals surface area contributed by atoms with E-state index in [-0.39, 0.29) is 6.01 Å². The van der Waals surface area contributed by atoms with Crippen molar-refractivity contribution in [2.24, 2.45) is 0 Å². The lowest BCUT2D eigenvalue weighted by Gasteiger charge is -2.11. The molecule has 4 heterocycles. The van der Waals surface area contributed by atoms with Crippen LogP contribution in [0.1, 0.15) is 12.1 Å².